The molecule has 0 saturated carbocycles. The van der Waals surface area contributed by atoms with Crippen LogP contribution in [-0.4, -0.2) is 36.8 Å². The lowest BCUT2D eigenvalue weighted by atomic mass is 9.46. The molecule has 0 saturated heterocycles. The van der Waals surface area contributed by atoms with Crippen LogP contribution in [0.15, 0.2) is 0 Å². The molecule has 0 aliphatic rings. The summed E-state index contributed by atoms with van der Waals surface area (Å²) in [7, 11) is 0. The first-order chi connectivity index (χ1) is 8.06. The zero-order valence-electron chi connectivity index (χ0n) is 11.3. The van der Waals surface area contributed by atoms with Crippen LogP contribution >= 0.6 is 22.6 Å². The molecule has 0 heterocycles. The number of carbonyl (C=O) groups is 1. The summed E-state index contributed by atoms with van der Waals surface area (Å²) >= 11 is 2.23. The van der Waals surface area contributed by atoms with Gasteiger partial charge in [-0.1, -0.05) is 62.3 Å². The van der Waals surface area contributed by atoms with E-state index in [0.29, 0.717) is 13.3 Å². The first-order valence-electron chi connectivity index (χ1n) is 6.46. The Bertz CT molecular complexity index is 203. The Hall–Kier alpha value is 0.225. The van der Waals surface area contributed by atoms with Gasteiger partial charge in [-0.2, -0.15) is 0 Å². The van der Waals surface area contributed by atoms with Crippen LogP contribution in [0.5, 0.6) is 0 Å². The Morgan fingerprint density at radius 2 is 2.12 bits per heavy atom. The van der Waals surface area contributed by atoms with E-state index in [1.807, 2.05) is 0 Å². The predicted octanol–water partition coefficient (Wildman–Crippen LogP) is 2.72. The molecule has 17 heavy (non-hydrogen) atoms. The predicted molar refractivity (Wildman–Crippen MR) is 83.4 cm³/mol. The summed E-state index contributed by atoms with van der Waals surface area (Å²) in [6, 6.07) is 0. The van der Waals surface area contributed by atoms with Gasteiger partial charge >= 0.3 is 0 Å². The highest BCUT2D eigenvalue weighted by molar-refractivity contribution is 14.1. The largest absolute Gasteiger partial charge is 0.371 e. The topological polar surface area (TPSA) is 38.3 Å². The Kier molecular flexibility index (Phi) is 11.5. The summed E-state index contributed by atoms with van der Waals surface area (Å²) in [4.78, 5) is 11.3. The van der Waals surface area contributed by atoms with E-state index in [9.17, 15) is 4.79 Å². The molecule has 0 rings (SSSR count). The number of hydrogen-bond donors (Lipinski definition) is 1. The number of alkyl halides is 1. The maximum Gasteiger partial charge on any atom is 0.245 e. The summed E-state index contributed by atoms with van der Waals surface area (Å²) in [5.41, 5.74) is 0. The summed E-state index contributed by atoms with van der Waals surface area (Å²) in [6.07, 6.45) is 3.58. The molecular formula is C12H25BINO2. The number of rotatable bonds is 10. The van der Waals surface area contributed by atoms with Crippen LogP contribution in [0.1, 0.15) is 20.3 Å². The molecule has 1 N–H and O–H groups in total. The summed E-state index contributed by atoms with van der Waals surface area (Å²) in [5.74, 6) is 0.777. The third-order valence-electron chi connectivity index (χ3n) is 2.65. The van der Waals surface area contributed by atoms with Gasteiger partial charge < -0.3 is 10.1 Å². The summed E-state index contributed by atoms with van der Waals surface area (Å²) in [6.45, 7) is 9.06. The molecule has 1 amide bonds. The van der Waals surface area contributed by atoms with Crippen LogP contribution in [-0.2, 0) is 9.53 Å². The molecule has 0 radical (unpaired) electrons. The zero-order chi connectivity index (χ0) is 13.1. The van der Waals surface area contributed by atoms with Gasteiger partial charge in [0.2, 0.25) is 5.91 Å². The second-order valence-corrected chi connectivity index (χ2v) is 6.04. The van der Waals surface area contributed by atoms with Crippen molar-refractivity contribution in [1.29, 1.82) is 0 Å². The van der Waals surface area contributed by atoms with Crippen LogP contribution in [0.3, 0.4) is 0 Å². The lowest BCUT2D eigenvalue weighted by Crippen LogP contribution is -2.30. The molecule has 0 bridgehead atoms. The summed E-state index contributed by atoms with van der Waals surface area (Å²) < 4.78 is 6.09. The lowest BCUT2D eigenvalue weighted by molar-refractivity contribution is -0.125. The minimum Gasteiger partial charge on any atom is -0.371 e. The zero-order valence-corrected chi connectivity index (χ0v) is 13.5. The molecule has 0 unspecified atom stereocenters. The Morgan fingerprint density at radius 3 is 2.71 bits per heavy atom. The number of ether oxygens (including phenoxy) is 1. The first kappa shape index (κ1) is 17.2. The van der Waals surface area contributed by atoms with Gasteiger partial charge in [-0.3, -0.25) is 4.79 Å². The quantitative estimate of drug-likeness (QED) is 0.284. The number of amides is 1. The number of halogens is 1. The van der Waals surface area contributed by atoms with E-state index in [1.54, 1.807) is 0 Å². The molecule has 0 spiro atoms. The smallest absolute Gasteiger partial charge is 0.245 e. The molecule has 0 aromatic carbocycles. The fourth-order valence-electron chi connectivity index (χ4n) is 1.49. The molecule has 0 aliphatic carbocycles. The molecule has 0 fully saturated rings. The van der Waals surface area contributed by atoms with E-state index >= 15 is 0 Å². The highest BCUT2D eigenvalue weighted by atomic mass is 127. The van der Waals surface area contributed by atoms with E-state index in [4.69, 9.17) is 4.74 Å². The van der Waals surface area contributed by atoms with Crippen molar-refractivity contribution < 1.29 is 9.53 Å². The second-order valence-electron chi connectivity index (χ2n) is 4.96. The van der Waals surface area contributed by atoms with Gasteiger partial charge in [-0.05, 0) is 5.92 Å². The fraction of sp³-hybridized carbons (Fsp3) is 0.917. The standard InChI is InChI=1S/C12H25BINO2/c1-11(2)4-5-13(3)6-8-15-12(16)10-17-9-7-14/h11H,4-10H2,1-3H3,(H,15,16). The van der Waals surface area contributed by atoms with Crippen molar-refractivity contribution in [2.75, 3.05) is 24.2 Å². The van der Waals surface area contributed by atoms with Crippen molar-refractivity contribution in [1.82, 2.24) is 5.32 Å². The van der Waals surface area contributed by atoms with Crippen molar-refractivity contribution >= 4 is 35.2 Å². The Balaban J connectivity index is 3.39. The Morgan fingerprint density at radius 1 is 1.41 bits per heavy atom. The van der Waals surface area contributed by atoms with Gasteiger partial charge in [0.15, 0.2) is 0 Å². The van der Waals surface area contributed by atoms with Crippen molar-refractivity contribution in [3.05, 3.63) is 0 Å². The van der Waals surface area contributed by atoms with Gasteiger partial charge in [-0.25, -0.2) is 0 Å². The van der Waals surface area contributed by atoms with Crippen LogP contribution < -0.4 is 5.32 Å². The molecule has 0 atom stereocenters. The fourth-order valence-corrected chi connectivity index (χ4v) is 1.80. The van der Waals surface area contributed by atoms with E-state index in [-0.39, 0.29) is 12.5 Å². The van der Waals surface area contributed by atoms with Gasteiger partial charge in [0.25, 0.3) is 0 Å². The van der Waals surface area contributed by atoms with Gasteiger partial charge in [0, 0.05) is 11.0 Å². The van der Waals surface area contributed by atoms with Crippen molar-refractivity contribution in [2.24, 2.45) is 5.92 Å². The molecule has 0 aromatic rings. The maximum atomic E-state index is 11.3. The minimum atomic E-state index is 0.00547. The highest BCUT2D eigenvalue weighted by Gasteiger charge is 2.08. The molecule has 0 aromatic heterocycles. The second kappa shape index (κ2) is 11.3. The van der Waals surface area contributed by atoms with Crippen molar-refractivity contribution in [3.8, 4) is 0 Å². The van der Waals surface area contributed by atoms with E-state index in [0.717, 1.165) is 23.2 Å². The molecule has 5 heteroatoms. The minimum absolute atomic E-state index is 0.00547. The third kappa shape index (κ3) is 12.5. The molecule has 3 nitrogen and oxygen atoms in total. The van der Waals surface area contributed by atoms with Gasteiger partial charge in [-0.15, -0.1) is 0 Å². The average molecular weight is 353 g/mol. The first-order valence-corrected chi connectivity index (χ1v) is 7.99. The lowest BCUT2D eigenvalue weighted by Gasteiger charge is -2.10. The van der Waals surface area contributed by atoms with Gasteiger partial charge in [0.05, 0.1) is 6.61 Å². The monoisotopic (exact) mass is 353 g/mol. The number of nitrogens with one attached hydrogen (secondary N) is 1. The Labute approximate surface area is 120 Å². The normalized spacial score (nSPS) is 10.6. The molecule has 0 aliphatic heterocycles. The summed E-state index contributed by atoms with van der Waals surface area (Å²) in [5, 5.41) is 2.89. The number of hydrogen-bond acceptors (Lipinski definition) is 2. The van der Waals surface area contributed by atoms with Gasteiger partial charge in [0.1, 0.15) is 13.3 Å². The maximum absolute atomic E-state index is 11.3. The van der Waals surface area contributed by atoms with E-state index < -0.39 is 0 Å². The van der Waals surface area contributed by atoms with E-state index in [2.05, 4.69) is 48.6 Å². The van der Waals surface area contributed by atoms with Crippen molar-refractivity contribution in [2.45, 2.75) is 39.7 Å². The SMILES string of the molecule is CB(CCNC(=O)COCCI)CCC(C)C. The average Bonchev–Trinajstić information content (AvgIpc) is 2.27. The third-order valence-corrected chi connectivity index (χ3v) is 3.09. The molecular weight excluding hydrogens is 328 g/mol. The molecule has 100 valence electrons. The van der Waals surface area contributed by atoms with E-state index in [1.165, 1.54) is 12.7 Å². The van der Waals surface area contributed by atoms with Crippen LogP contribution in [0.2, 0.25) is 19.5 Å². The number of carbonyl (C=O) groups excluding carboxylic acids is 1. The highest BCUT2D eigenvalue weighted by Crippen LogP contribution is 2.09. The van der Waals surface area contributed by atoms with Crippen LogP contribution in [0, 0.1) is 5.92 Å². The van der Waals surface area contributed by atoms with Crippen LogP contribution in [0.4, 0.5) is 0 Å². The van der Waals surface area contributed by atoms with Crippen molar-refractivity contribution in [3.63, 3.8) is 0 Å². The van der Waals surface area contributed by atoms with Crippen LogP contribution in [0.25, 0.3) is 0 Å².